The highest BCUT2D eigenvalue weighted by Crippen LogP contribution is 2.22. The van der Waals surface area contributed by atoms with Crippen LogP contribution in [0.3, 0.4) is 0 Å². The van der Waals surface area contributed by atoms with Crippen molar-refractivity contribution in [2.75, 3.05) is 11.4 Å². The third-order valence-corrected chi connectivity index (χ3v) is 2.49. The van der Waals surface area contributed by atoms with Gasteiger partial charge >= 0.3 is 0 Å². The third kappa shape index (κ3) is 1.69. The van der Waals surface area contributed by atoms with Crippen molar-refractivity contribution in [2.45, 2.75) is 19.0 Å². The predicted molar refractivity (Wildman–Crippen MR) is 53.8 cm³/mol. The lowest BCUT2D eigenvalue weighted by atomic mass is 10.3. The summed E-state index contributed by atoms with van der Waals surface area (Å²) < 4.78 is 0. The molecular weight excluding hydrogens is 178 g/mol. The van der Waals surface area contributed by atoms with Crippen LogP contribution in [-0.4, -0.2) is 24.1 Å². The maximum absolute atomic E-state index is 10.4. The molecule has 0 aliphatic carbocycles. The summed E-state index contributed by atoms with van der Waals surface area (Å²) in [5.74, 6) is 0. The average Bonchev–Trinajstić information content (AvgIpc) is 2.68. The minimum Gasteiger partial charge on any atom is -0.350 e. The molecule has 1 fully saturated rings. The molecule has 1 aliphatic heterocycles. The molecule has 0 spiro atoms. The van der Waals surface area contributed by atoms with E-state index in [9.17, 15) is 4.79 Å². The molecule has 1 aliphatic rings. The van der Waals surface area contributed by atoms with Crippen LogP contribution in [0.5, 0.6) is 0 Å². The van der Waals surface area contributed by atoms with Gasteiger partial charge in [0.05, 0.1) is 11.9 Å². The lowest BCUT2D eigenvalue weighted by Gasteiger charge is -2.25. The molecule has 1 unspecified atom stereocenters. The smallest absolute Gasteiger partial charge is 0.208 e. The van der Waals surface area contributed by atoms with E-state index in [4.69, 9.17) is 0 Å². The Morgan fingerprint density at radius 3 is 3.29 bits per heavy atom. The van der Waals surface area contributed by atoms with Gasteiger partial charge in [-0.15, -0.1) is 0 Å². The minimum absolute atomic E-state index is 0.136. The number of anilines is 1. The Kier molecular flexibility index (Phi) is 2.62. The summed E-state index contributed by atoms with van der Waals surface area (Å²) in [7, 11) is 0. The van der Waals surface area contributed by atoms with Crippen LogP contribution in [0.2, 0.25) is 0 Å². The van der Waals surface area contributed by atoms with Gasteiger partial charge in [0, 0.05) is 12.7 Å². The number of nitrogens with zero attached hydrogens (tertiary/aromatic N) is 2. The minimum atomic E-state index is 0.136. The summed E-state index contributed by atoms with van der Waals surface area (Å²) in [5.41, 5.74) is 1.07. The number of pyridine rings is 1. The summed E-state index contributed by atoms with van der Waals surface area (Å²) in [4.78, 5) is 16.6. The molecule has 0 radical (unpaired) electrons. The monoisotopic (exact) mass is 191 g/mol. The Hall–Kier alpha value is -1.58. The molecule has 4 heteroatoms. The van der Waals surface area contributed by atoms with Gasteiger partial charge in [-0.05, 0) is 25.0 Å². The third-order valence-electron chi connectivity index (χ3n) is 2.49. The van der Waals surface area contributed by atoms with Gasteiger partial charge in [-0.1, -0.05) is 0 Å². The molecule has 74 valence electrons. The first kappa shape index (κ1) is 8.99. The largest absolute Gasteiger partial charge is 0.350 e. The van der Waals surface area contributed by atoms with Crippen LogP contribution in [0.15, 0.2) is 24.5 Å². The van der Waals surface area contributed by atoms with Crippen LogP contribution in [-0.2, 0) is 4.79 Å². The normalized spacial score (nSPS) is 20.9. The zero-order valence-corrected chi connectivity index (χ0v) is 7.89. The fourth-order valence-electron chi connectivity index (χ4n) is 1.85. The molecule has 2 heterocycles. The molecule has 14 heavy (non-hydrogen) atoms. The Balaban J connectivity index is 2.13. The van der Waals surface area contributed by atoms with E-state index in [1.54, 1.807) is 6.20 Å². The lowest BCUT2D eigenvalue weighted by Crippen LogP contribution is -2.40. The molecule has 1 atom stereocenters. The molecule has 1 saturated heterocycles. The summed E-state index contributed by atoms with van der Waals surface area (Å²) >= 11 is 0. The van der Waals surface area contributed by atoms with Crippen LogP contribution in [0.25, 0.3) is 0 Å². The second kappa shape index (κ2) is 4.09. The maximum atomic E-state index is 10.4. The van der Waals surface area contributed by atoms with E-state index >= 15 is 0 Å². The van der Waals surface area contributed by atoms with E-state index in [1.807, 2.05) is 18.3 Å². The Bertz CT molecular complexity index is 301. The second-order valence-electron chi connectivity index (χ2n) is 3.35. The van der Waals surface area contributed by atoms with Gasteiger partial charge in [-0.3, -0.25) is 9.78 Å². The number of nitrogens with one attached hydrogen (secondary N) is 1. The van der Waals surface area contributed by atoms with Crippen LogP contribution in [0.4, 0.5) is 5.69 Å². The van der Waals surface area contributed by atoms with Gasteiger partial charge in [-0.25, -0.2) is 0 Å². The number of aromatic nitrogens is 1. The number of hydrogen-bond acceptors (Lipinski definition) is 3. The first-order valence-electron chi connectivity index (χ1n) is 4.78. The predicted octanol–water partition coefficient (Wildman–Crippen LogP) is 0.754. The highest BCUT2D eigenvalue weighted by atomic mass is 16.1. The SMILES string of the molecule is O=CNC1CCCN1c1cccnc1. The molecule has 2 rings (SSSR count). The summed E-state index contributed by atoms with van der Waals surface area (Å²) in [6.45, 7) is 0.983. The second-order valence-corrected chi connectivity index (χ2v) is 3.35. The van der Waals surface area contributed by atoms with E-state index in [1.165, 1.54) is 0 Å². The van der Waals surface area contributed by atoms with Crippen molar-refractivity contribution < 1.29 is 4.79 Å². The molecule has 1 amide bonds. The van der Waals surface area contributed by atoms with E-state index in [-0.39, 0.29) is 6.17 Å². The highest BCUT2D eigenvalue weighted by molar-refractivity contribution is 5.51. The fourth-order valence-corrected chi connectivity index (χ4v) is 1.85. The maximum Gasteiger partial charge on any atom is 0.208 e. The zero-order valence-electron chi connectivity index (χ0n) is 7.89. The van der Waals surface area contributed by atoms with Crippen molar-refractivity contribution in [2.24, 2.45) is 0 Å². The fraction of sp³-hybridized carbons (Fsp3) is 0.400. The number of carbonyl (C=O) groups is 1. The van der Waals surface area contributed by atoms with Crippen LogP contribution >= 0.6 is 0 Å². The average molecular weight is 191 g/mol. The number of hydrogen-bond donors (Lipinski definition) is 1. The molecule has 0 saturated carbocycles. The molecule has 0 bridgehead atoms. The number of rotatable bonds is 3. The van der Waals surface area contributed by atoms with Crippen molar-refractivity contribution in [3.8, 4) is 0 Å². The van der Waals surface area contributed by atoms with Crippen molar-refractivity contribution in [3.63, 3.8) is 0 Å². The van der Waals surface area contributed by atoms with Crippen molar-refractivity contribution in [1.82, 2.24) is 10.3 Å². The van der Waals surface area contributed by atoms with E-state index in [2.05, 4.69) is 15.2 Å². The van der Waals surface area contributed by atoms with Gasteiger partial charge in [0.1, 0.15) is 6.17 Å². The molecule has 1 aromatic heterocycles. The topological polar surface area (TPSA) is 45.2 Å². The number of amides is 1. The first-order chi connectivity index (χ1) is 6.92. The summed E-state index contributed by atoms with van der Waals surface area (Å²) in [5, 5.41) is 2.81. The molecule has 1 aromatic rings. The summed E-state index contributed by atoms with van der Waals surface area (Å²) in [6.07, 6.45) is 6.59. The van der Waals surface area contributed by atoms with E-state index in [0.717, 1.165) is 31.5 Å². The Morgan fingerprint density at radius 2 is 2.57 bits per heavy atom. The van der Waals surface area contributed by atoms with E-state index in [0.29, 0.717) is 0 Å². The van der Waals surface area contributed by atoms with Gasteiger partial charge in [0.15, 0.2) is 0 Å². The van der Waals surface area contributed by atoms with E-state index < -0.39 is 0 Å². The van der Waals surface area contributed by atoms with Crippen LogP contribution in [0, 0.1) is 0 Å². The standard InChI is InChI=1S/C10H13N3O/c14-8-12-10-4-2-6-13(10)9-3-1-5-11-7-9/h1,3,5,7-8,10H,2,4,6H2,(H,12,14). The van der Waals surface area contributed by atoms with Gasteiger partial charge in [0.25, 0.3) is 0 Å². The number of carbonyl (C=O) groups excluding carboxylic acids is 1. The molecule has 4 nitrogen and oxygen atoms in total. The van der Waals surface area contributed by atoms with Crippen LogP contribution in [0.1, 0.15) is 12.8 Å². The zero-order chi connectivity index (χ0) is 9.80. The molecule has 1 N–H and O–H groups in total. The Morgan fingerprint density at radius 1 is 1.64 bits per heavy atom. The Labute approximate surface area is 82.9 Å². The highest BCUT2D eigenvalue weighted by Gasteiger charge is 2.23. The first-order valence-corrected chi connectivity index (χ1v) is 4.78. The van der Waals surface area contributed by atoms with Gasteiger partial charge in [-0.2, -0.15) is 0 Å². The van der Waals surface area contributed by atoms with Crippen molar-refractivity contribution in [3.05, 3.63) is 24.5 Å². The summed E-state index contributed by atoms with van der Waals surface area (Å²) in [6, 6.07) is 3.92. The van der Waals surface area contributed by atoms with Crippen molar-refractivity contribution in [1.29, 1.82) is 0 Å². The van der Waals surface area contributed by atoms with Crippen LogP contribution < -0.4 is 10.2 Å². The lowest BCUT2D eigenvalue weighted by molar-refractivity contribution is -0.110. The molecular formula is C10H13N3O. The van der Waals surface area contributed by atoms with Crippen molar-refractivity contribution >= 4 is 12.1 Å². The van der Waals surface area contributed by atoms with Gasteiger partial charge < -0.3 is 10.2 Å². The molecule has 0 aromatic carbocycles. The van der Waals surface area contributed by atoms with Gasteiger partial charge in [0.2, 0.25) is 6.41 Å². The quantitative estimate of drug-likeness (QED) is 0.717.